The first-order valence-electron chi connectivity index (χ1n) is 5.76. The molecular weight excluding hydrogens is 231 g/mol. The van der Waals surface area contributed by atoms with Crippen LogP contribution in [0, 0.1) is 6.92 Å². The predicted octanol–water partition coefficient (Wildman–Crippen LogP) is 2.19. The Labute approximate surface area is 105 Å². The molecule has 1 aliphatic carbocycles. The lowest BCUT2D eigenvalue weighted by Gasteiger charge is -2.19. The first-order valence-corrected chi connectivity index (χ1v) is 5.76. The lowest BCUT2D eigenvalue weighted by atomic mass is 10.0. The van der Waals surface area contributed by atoms with E-state index in [-0.39, 0.29) is 18.2 Å². The third kappa shape index (κ3) is 2.84. The zero-order chi connectivity index (χ0) is 13.1. The van der Waals surface area contributed by atoms with E-state index < -0.39 is 6.04 Å². The van der Waals surface area contributed by atoms with E-state index in [0.29, 0.717) is 11.3 Å². The van der Waals surface area contributed by atoms with E-state index in [1.165, 1.54) is 12.2 Å². The zero-order valence-corrected chi connectivity index (χ0v) is 10.1. The van der Waals surface area contributed by atoms with Gasteiger partial charge in [-0.3, -0.25) is 4.79 Å². The number of nitrogens with one attached hydrogen (secondary N) is 1. The van der Waals surface area contributed by atoms with Crippen molar-refractivity contribution in [2.75, 3.05) is 0 Å². The third-order valence-corrected chi connectivity index (χ3v) is 2.83. The van der Waals surface area contributed by atoms with E-state index in [4.69, 9.17) is 5.73 Å². The molecule has 1 aliphatic rings. The van der Waals surface area contributed by atoms with Gasteiger partial charge in [0, 0.05) is 17.7 Å². The first kappa shape index (κ1) is 12.5. The standard InChI is InChI=1S/C14H15FN2O/c1-9-2-4-10(5-3-9)14(18)17-13-7-6-11(15)8-12(13)16/h2-7,12H,8,16H2,1H3,(H,17,18). The van der Waals surface area contributed by atoms with Crippen molar-refractivity contribution in [1.29, 1.82) is 0 Å². The van der Waals surface area contributed by atoms with Crippen LogP contribution in [0.25, 0.3) is 0 Å². The molecule has 1 amide bonds. The van der Waals surface area contributed by atoms with Gasteiger partial charge in [-0.05, 0) is 31.2 Å². The van der Waals surface area contributed by atoms with Crippen LogP contribution in [0.15, 0.2) is 47.9 Å². The number of hydrogen-bond acceptors (Lipinski definition) is 2. The Kier molecular flexibility index (Phi) is 3.58. The number of carbonyl (C=O) groups is 1. The van der Waals surface area contributed by atoms with Crippen LogP contribution in [0.5, 0.6) is 0 Å². The average Bonchev–Trinajstić information content (AvgIpc) is 2.33. The van der Waals surface area contributed by atoms with Gasteiger partial charge in [-0.25, -0.2) is 4.39 Å². The summed E-state index contributed by atoms with van der Waals surface area (Å²) in [5.41, 5.74) is 7.95. The van der Waals surface area contributed by atoms with E-state index in [1.54, 1.807) is 12.1 Å². The Morgan fingerprint density at radius 1 is 1.33 bits per heavy atom. The summed E-state index contributed by atoms with van der Waals surface area (Å²) >= 11 is 0. The molecule has 2 rings (SSSR count). The molecule has 18 heavy (non-hydrogen) atoms. The minimum absolute atomic E-state index is 0.125. The molecule has 0 radical (unpaired) electrons. The number of carbonyl (C=O) groups excluding carboxylic acids is 1. The third-order valence-electron chi connectivity index (χ3n) is 2.83. The largest absolute Gasteiger partial charge is 0.324 e. The van der Waals surface area contributed by atoms with Crippen molar-refractivity contribution in [2.45, 2.75) is 19.4 Å². The number of amides is 1. The minimum Gasteiger partial charge on any atom is -0.324 e. The van der Waals surface area contributed by atoms with E-state index in [2.05, 4.69) is 5.32 Å². The van der Waals surface area contributed by atoms with Gasteiger partial charge in [0.05, 0.1) is 6.04 Å². The SMILES string of the molecule is Cc1ccc(C(=O)NC2=CC=C(F)CC2N)cc1. The van der Waals surface area contributed by atoms with Crippen LogP contribution in [0.1, 0.15) is 22.3 Å². The molecule has 3 nitrogen and oxygen atoms in total. The molecule has 1 aromatic rings. The number of aryl methyl sites for hydroxylation is 1. The number of halogens is 1. The zero-order valence-electron chi connectivity index (χ0n) is 10.1. The molecule has 0 aliphatic heterocycles. The van der Waals surface area contributed by atoms with Gasteiger partial charge in [-0.2, -0.15) is 0 Å². The van der Waals surface area contributed by atoms with Gasteiger partial charge in [0.1, 0.15) is 5.83 Å². The van der Waals surface area contributed by atoms with Crippen molar-refractivity contribution in [3.63, 3.8) is 0 Å². The molecule has 1 unspecified atom stereocenters. The Balaban J connectivity index is 2.10. The Morgan fingerprint density at radius 3 is 2.61 bits per heavy atom. The fourth-order valence-electron chi connectivity index (χ4n) is 1.73. The maximum Gasteiger partial charge on any atom is 0.255 e. The summed E-state index contributed by atoms with van der Waals surface area (Å²) < 4.78 is 12.9. The highest BCUT2D eigenvalue weighted by atomic mass is 19.1. The average molecular weight is 246 g/mol. The van der Waals surface area contributed by atoms with Gasteiger partial charge in [-0.15, -0.1) is 0 Å². The summed E-state index contributed by atoms with van der Waals surface area (Å²) in [6, 6.07) is 6.73. The lowest BCUT2D eigenvalue weighted by Crippen LogP contribution is -2.36. The van der Waals surface area contributed by atoms with E-state index in [1.807, 2.05) is 19.1 Å². The van der Waals surface area contributed by atoms with Crippen molar-refractivity contribution in [2.24, 2.45) is 5.73 Å². The number of rotatable bonds is 2. The molecule has 0 aromatic heterocycles. The molecule has 1 atom stereocenters. The second-order valence-electron chi connectivity index (χ2n) is 4.37. The normalized spacial score (nSPS) is 18.9. The molecule has 0 fully saturated rings. The molecule has 1 aromatic carbocycles. The maximum atomic E-state index is 12.9. The van der Waals surface area contributed by atoms with Gasteiger partial charge in [0.25, 0.3) is 5.91 Å². The van der Waals surface area contributed by atoms with Gasteiger partial charge in [0.15, 0.2) is 0 Å². The fourth-order valence-corrected chi connectivity index (χ4v) is 1.73. The second-order valence-corrected chi connectivity index (χ2v) is 4.37. The number of nitrogens with two attached hydrogens (primary N) is 1. The van der Waals surface area contributed by atoms with Crippen molar-refractivity contribution in [1.82, 2.24) is 5.32 Å². The summed E-state index contributed by atoms with van der Waals surface area (Å²) in [6.45, 7) is 1.95. The molecule has 94 valence electrons. The Bertz CT molecular complexity index is 517. The fraction of sp³-hybridized carbons (Fsp3) is 0.214. The quantitative estimate of drug-likeness (QED) is 0.840. The van der Waals surface area contributed by atoms with Crippen molar-refractivity contribution in [3.05, 3.63) is 59.1 Å². The maximum absolute atomic E-state index is 12.9. The molecule has 0 saturated heterocycles. The van der Waals surface area contributed by atoms with Crippen molar-refractivity contribution >= 4 is 5.91 Å². The van der Waals surface area contributed by atoms with Crippen LogP contribution in [0.3, 0.4) is 0 Å². The molecule has 0 spiro atoms. The Morgan fingerprint density at radius 2 is 2.00 bits per heavy atom. The number of benzene rings is 1. The highest BCUT2D eigenvalue weighted by molar-refractivity contribution is 5.95. The molecule has 0 bridgehead atoms. The molecule has 3 N–H and O–H groups in total. The highest BCUT2D eigenvalue weighted by Crippen LogP contribution is 2.17. The first-order chi connectivity index (χ1) is 8.56. The predicted molar refractivity (Wildman–Crippen MR) is 68.5 cm³/mol. The van der Waals surface area contributed by atoms with Crippen molar-refractivity contribution < 1.29 is 9.18 Å². The molecule has 0 saturated carbocycles. The smallest absolute Gasteiger partial charge is 0.255 e. The van der Waals surface area contributed by atoms with E-state index >= 15 is 0 Å². The summed E-state index contributed by atoms with van der Waals surface area (Å²) in [5, 5.41) is 2.71. The van der Waals surface area contributed by atoms with E-state index in [9.17, 15) is 9.18 Å². The molecular formula is C14H15FN2O. The Hall–Kier alpha value is -1.94. The number of allylic oxidation sites excluding steroid dienone is 2. The number of hydrogen-bond donors (Lipinski definition) is 2. The van der Waals surface area contributed by atoms with Gasteiger partial charge >= 0.3 is 0 Å². The highest BCUT2D eigenvalue weighted by Gasteiger charge is 2.17. The van der Waals surface area contributed by atoms with Crippen LogP contribution in [-0.4, -0.2) is 11.9 Å². The molecule has 4 heteroatoms. The molecule has 0 heterocycles. The van der Waals surface area contributed by atoms with Gasteiger partial charge in [-0.1, -0.05) is 17.7 Å². The van der Waals surface area contributed by atoms with Crippen LogP contribution < -0.4 is 11.1 Å². The topological polar surface area (TPSA) is 55.1 Å². The van der Waals surface area contributed by atoms with Gasteiger partial charge < -0.3 is 11.1 Å². The van der Waals surface area contributed by atoms with Crippen LogP contribution in [0.2, 0.25) is 0 Å². The van der Waals surface area contributed by atoms with Gasteiger partial charge in [0.2, 0.25) is 0 Å². The minimum atomic E-state index is -0.496. The van der Waals surface area contributed by atoms with Crippen LogP contribution in [0.4, 0.5) is 4.39 Å². The summed E-state index contributed by atoms with van der Waals surface area (Å²) in [5.74, 6) is -0.497. The van der Waals surface area contributed by atoms with E-state index in [0.717, 1.165) is 5.56 Å². The summed E-state index contributed by atoms with van der Waals surface area (Å²) in [6.07, 6.45) is 2.96. The monoisotopic (exact) mass is 246 g/mol. The van der Waals surface area contributed by atoms with Crippen LogP contribution in [-0.2, 0) is 0 Å². The van der Waals surface area contributed by atoms with Crippen molar-refractivity contribution in [3.8, 4) is 0 Å². The summed E-state index contributed by atoms with van der Waals surface area (Å²) in [4.78, 5) is 11.9. The summed E-state index contributed by atoms with van der Waals surface area (Å²) in [7, 11) is 0. The lowest BCUT2D eigenvalue weighted by molar-refractivity contribution is 0.0963. The second kappa shape index (κ2) is 5.14. The van der Waals surface area contributed by atoms with Crippen LogP contribution >= 0.6 is 0 Å².